The number of amides is 1. The Bertz CT molecular complexity index is 849. The predicted octanol–water partition coefficient (Wildman–Crippen LogP) is 4.34. The van der Waals surface area contributed by atoms with Crippen molar-refractivity contribution in [3.05, 3.63) is 51.2 Å². The van der Waals surface area contributed by atoms with Crippen LogP contribution in [0.5, 0.6) is 0 Å². The van der Waals surface area contributed by atoms with Crippen LogP contribution in [0.4, 0.5) is 14.5 Å². The number of nitrogens with one attached hydrogen (secondary N) is 1. The second kappa shape index (κ2) is 7.53. The van der Waals surface area contributed by atoms with E-state index in [1.165, 1.54) is 28.7 Å². The fourth-order valence-corrected chi connectivity index (χ4v) is 4.00. The van der Waals surface area contributed by atoms with Crippen LogP contribution in [-0.4, -0.2) is 18.0 Å². The molecule has 1 amide bonds. The van der Waals surface area contributed by atoms with E-state index < -0.39 is 29.6 Å². The first kappa shape index (κ1) is 18.5. The monoisotopic (exact) mass is 379 g/mol. The van der Waals surface area contributed by atoms with E-state index >= 15 is 0 Å². The summed E-state index contributed by atoms with van der Waals surface area (Å²) in [5.74, 6) is -2.29. The molecule has 0 radical (unpaired) electrons. The lowest BCUT2D eigenvalue weighted by Crippen LogP contribution is -2.30. The van der Waals surface area contributed by atoms with Crippen LogP contribution in [0.1, 0.15) is 40.4 Å². The van der Waals surface area contributed by atoms with E-state index in [0.29, 0.717) is 16.9 Å². The lowest BCUT2D eigenvalue weighted by atomic mass is 9.90. The normalized spacial score (nSPS) is 17.3. The summed E-state index contributed by atoms with van der Waals surface area (Å²) in [7, 11) is 0. The van der Waals surface area contributed by atoms with Crippen molar-refractivity contribution in [2.75, 3.05) is 5.32 Å². The van der Waals surface area contributed by atoms with Gasteiger partial charge in [0.2, 0.25) is 0 Å². The zero-order valence-electron chi connectivity index (χ0n) is 14.5. The summed E-state index contributed by atoms with van der Waals surface area (Å²) in [4.78, 5) is 26.1. The highest BCUT2D eigenvalue weighted by atomic mass is 32.1. The van der Waals surface area contributed by atoms with Crippen LogP contribution >= 0.6 is 11.3 Å². The van der Waals surface area contributed by atoms with Crippen molar-refractivity contribution >= 4 is 28.9 Å². The zero-order chi connectivity index (χ0) is 18.8. The SMILES string of the molecule is C[C@H]1CCc2sc(C(=O)O[C@H](C)C(=O)Nc3ccc(F)cc3F)cc2C1. The Morgan fingerprint density at radius 3 is 2.81 bits per heavy atom. The Kier molecular flexibility index (Phi) is 5.36. The summed E-state index contributed by atoms with van der Waals surface area (Å²) in [6, 6.07) is 4.66. The van der Waals surface area contributed by atoms with Crippen molar-refractivity contribution in [3.8, 4) is 0 Å². The van der Waals surface area contributed by atoms with Gasteiger partial charge in [0.25, 0.3) is 5.91 Å². The first-order chi connectivity index (χ1) is 12.3. The largest absolute Gasteiger partial charge is 0.448 e. The number of halogens is 2. The number of rotatable bonds is 4. The molecule has 1 aliphatic rings. The smallest absolute Gasteiger partial charge is 0.349 e. The average molecular weight is 379 g/mol. The van der Waals surface area contributed by atoms with Gasteiger partial charge in [0.15, 0.2) is 6.10 Å². The summed E-state index contributed by atoms with van der Waals surface area (Å²) < 4.78 is 31.7. The van der Waals surface area contributed by atoms with Crippen molar-refractivity contribution in [3.63, 3.8) is 0 Å². The quantitative estimate of drug-likeness (QED) is 0.805. The highest BCUT2D eigenvalue weighted by Gasteiger charge is 2.24. The molecule has 1 N–H and O–H groups in total. The van der Waals surface area contributed by atoms with Crippen LogP contribution < -0.4 is 5.32 Å². The minimum atomic E-state index is -1.11. The highest BCUT2D eigenvalue weighted by molar-refractivity contribution is 7.14. The Morgan fingerprint density at radius 2 is 2.08 bits per heavy atom. The van der Waals surface area contributed by atoms with Crippen LogP contribution in [0.25, 0.3) is 0 Å². The Balaban J connectivity index is 1.62. The maximum absolute atomic E-state index is 13.6. The highest BCUT2D eigenvalue weighted by Crippen LogP contribution is 2.32. The zero-order valence-corrected chi connectivity index (χ0v) is 15.3. The summed E-state index contributed by atoms with van der Waals surface area (Å²) >= 11 is 1.40. The number of hydrogen-bond acceptors (Lipinski definition) is 4. The number of ether oxygens (including phenoxy) is 1. The van der Waals surface area contributed by atoms with Gasteiger partial charge in [-0.1, -0.05) is 6.92 Å². The first-order valence-corrected chi connectivity index (χ1v) is 9.23. The number of benzene rings is 1. The molecule has 1 aromatic carbocycles. The minimum absolute atomic E-state index is 0.167. The van der Waals surface area contributed by atoms with Crippen LogP contribution in [0, 0.1) is 17.6 Å². The average Bonchev–Trinajstić information content (AvgIpc) is 3.00. The number of esters is 1. The van der Waals surface area contributed by atoms with Gasteiger partial charge >= 0.3 is 5.97 Å². The Labute approximate surface area is 154 Å². The van der Waals surface area contributed by atoms with E-state index in [4.69, 9.17) is 4.74 Å². The van der Waals surface area contributed by atoms with Crippen LogP contribution in [-0.2, 0) is 22.4 Å². The number of fused-ring (bicyclic) bond motifs is 1. The van der Waals surface area contributed by atoms with Gasteiger partial charge in [0.05, 0.1) is 5.69 Å². The number of anilines is 1. The molecule has 3 rings (SSSR count). The van der Waals surface area contributed by atoms with E-state index in [1.807, 2.05) is 6.07 Å². The molecule has 0 spiro atoms. The lowest BCUT2D eigenvalue weighted by Gasteiger charge is -2.16. The predicted molar refractivity (Wildman–Crippen MR) is 95.4 cm³/mol. The van der Waals surface area contributed by atoms with E-state index in [-0.39, 0.29) is 5.69 Å². The molecule has 1 heterocycles. The van der Waals surface area contributed by atoms with Crippen molar-refractivity contribution < 1.29 is 23.1 Å². The summed E-state index contributed by atoms with van der Waals surface area (Å²) in [6.45, 7) is 3.59. The van der Waals surface area contributed by atoms with Gasteiger partial charge in [-0.2, -0.15) is 0 Å². The van der Waals surface area contributed by atoms with Gasteiger partial charge < -0.3 is 10.1 Å². The van der Waals surface area contributed by atoms with Crippen LogP contribution in [0.3, 0.4) is 0 Å². The minimum Gasteiger partial charge on any atom is -0.448 e. The second-order valence-electron chi connectivity index (χ2n) is 6.57. The fraction of sp³-hybridized carbons (Fsp3) is 0.368. The van der Waals surface area contributed by atoms with Crippen molar-refractivity contribution in [1.82, 2.24) is 0 Å². The molecule has 0 fully saturated rings. The first-order valence-electron chi connectivity index (χ1n) is 8.42. The summed E-state index contributed by atoms with van der Waals surface area (Å²) in [5, 5.41) is 2.29. The summed E-state index contributed by atoms with van der Waals surface area (Å²) in [5.41, 5.74) is 1.01. The maximum atomic E-state index is 13.6. The molecule has 138 valence electrons. The molecule has 1 aliphatic carbocycles. The van der Waals surface area contributed by atoms with Crippen LogP contribution in [0.2, 0.25) is 0 Å². The molecule has 0 unspecified atom stereocenters. The van der Waals surface area contributed by atoms with Gasteiger partial charge in [-0.3, -0.25) is 4.79 Å². The van der Waals surface area contributed by atoms with Crippen molar-refractivity contribution in [2.24, 2.45) is 5.92 Å². The molecule has 2 atom stereocenters. The van der Waals surface area contributed by atoms with Gasteiger partial charge in [0.1, 0.15) is 16.5 Å². The van der Waals surface area contributed by atoms with E-state index in [1.54, 1.807) is 0 Å². The van der Waals surface area contributed by atoms with Gasteiger partial charge in [0, 0.05) is 10.9 Å². The number of carbonyl (C=O) groups is 2. The summed E-state index contributed by atoms with van der Waals surface area (Å²) in [6.07, 6.45) is 1.89. The number of aryl methyl sites for hydroxylation is 1. The number of carbonyl (C=O) groups excluding carboxylic acids is 2. The molecule has 2 aromatic rings. The molecular formula is C19H19F2NO3S. The van der Waals surface area contributed by atoms with Crippen molar-refractivity contribution in [2.45, 2.75) is 39.2 Å². The second-order valence-corrected chi connectivity index (χ2v) is 7.70. The van der Waals surface area contributed by atoms with E-state index in [2.05, 4.69) is 12.2 Å². The molecule has 4 nitrogen and oxygen atoms in total. The molecular weight excluding hydrogens is 360 g/mol. The molecule has 26 heavy (non-hydrogen) atoms. The number of thiophene rings is 1. The van der Waals surface area contributed by atoms with E-state index in [0.717, 1.165) is 31.4 Å². The van der Waals surface area contributed by atoms with Gasteiger partial charge in [-0.05, 0) is 55.9 Å². The molecule has 1 aromatic heterocycles. The van der Waals surface area contributed by atoms with E-state index in [9.17, 15) is 18.4 Å². The maximum Gasteiger partial charge on any atom is 0.349 e. The third-order valence-electron chi connectivity index (χ3n) is 4.37. The number of hydrogen-bond donors (Lipinski definition) is 1. The van der Waals surface area contributed by atoms with Gasteiger partial charge in [-0.25, -0.2) is 13.6 Å². The topological polar surface area (TPSA) is 55.4 Å². The van der Waals surface area contributed by atoms with Crippen LogP contribution in [0.15, 0.2) is 24.3 Å². The van der Waals surface area contributed by atoms with Crippen molar-refractivity contribution in [1.29, 1.82) is 0 Å². The fourth-order valence-electron chi connectivity index (χ4n) is 2.90. The van der Waals surface area contributed by atoms with Gasteiger partial charge in [-0.15, -0.1) is 11.3 Å². The molecule has 0 aliphatic heterocycles. The molecule has 0 saturated heterocycles. The Morgan fingerprint density at radius 1 is 1.31 bits per heavy atom. The third kappa shape index (κ3) is 4.09. The third-order valence-corrected chi connectivity index (χ3v) is 5.59. The molecule has 0 bridgehead atoms. The Hall–Kier alpha value is -2.28. The standard InChI is InChI=1S/C19H19F2NO3S/c1-10-3-6-16-12(7-10)8-17(26-16)19(24)25-11(2)18(23)22-15-5-4-13(20)9-14(15)21/h4-5,8-11H,3,6-7H2,1-2H3,(H,22,23)/t10-,11+/m0/s1. The molecule has 7 heteroatoms. The molecule has 0 saturated carbocycles. The lowest BCUT2D eigenvalue weighted by molar-refractivity contribution is -0.123.